The van der Waals surface area contributed by atoms with E-state index in [1.165, 1.54) is 16.9 Å². The smallest absolute Gasteiger partial charge is 0.336 e. The molecule has 2 aromatic heterocycles. The van der Waals surface area contributed by atoms with Crippen molar-refractivity contribution in [2.24, 2.45) is 7.05 Å². The molecule has 0 amide bonds. The van der Waals surface area contributed by atoms with Gasteiger partial charge in [0.2, 0.25) is 0 Å². The van der Waals surface area contributed by atoms with Crippen LogP contribution in [0.4, 0.5) is 8.78 Å². The summed E-state index contributed by atoms with van der Waals surface area (Å²) in [6.45, 7) is 0. The quantitative estimate of drug-likeness (QED) is 0.787. The number of fused-ring (bicyclic) bond motifs is 1. The monoisotopic (exact) mass is 289 g/mol. The number of pyridine rings is 1. The number of halogens is 2. The molecule has 1 aromatic carbocycles. The predicted molar refractivity (Wildman–Crippen MR) is 70.8 cm³/mol. The van der Waals surface area contributed by atoms with Gasteiger partial charge in [-0.3, -0.25) is 4.68 Å². The maximum atomic E-state index is 13.9. The van der Waals surface area contributed by atoms with E-state index in [0.29, 0.717) is 5.69 Å². The van der Waals surface area contributed by atoms with E-state index in [0.717, 1.165) is 12.1 Å². The average molecular weight is 289 g/mol. The lowest BCUT2D eigenvalue weighted by molar-refractivity contribution is 0.0698. The van der Waals surface area contributed by atoms with Crippen LogP contribution >= 0.6 is 0 Å². The first-order chi connectivity index (χ1) is 9.99. The highest BCUT2D eigenvalue weighted by atomic mass is 19.1. The molecule has 3 rings (SSSR count). The van der Waals surface area contributed by atoms with E-state index < -0.39 is 17.6 Å². The van der Waals surface area contributed by atoms with Gasteiger partial charge in [-0.25, -0.2) is 18.6 Å². The van der Waals surface area contributed by atoms with Crippen molar-refractivity contribution in [3.05, 3.63) is 47.7 Å². The van der Waals surface area contributed by atoms with Crippen molar-refractivity contribution >= 4 is 16.9 Å². The minimum absolute atomic E-state index is 0.212. The number of rotatable bonds is 2. The summed E-state index contributed by atoms with van der Waals surface area (Å²) >= 11 is 0. The molecular formula is C14H9F2N3O2. The third kappa shape index (κ3) is 2.03. The number of carboxylic acid groups (broad SMARTS) is 1. The molecule has 0 radical (unpaired) electrons. The first-order valence-corrected chi connectivity index (χ1v) is 5.99. The second-order valence-corrected chi connectivity index (χ2v) is 4.45. The summed E-state index contributed by atoms with van der Waals surface area (Å²) in [6, 6.07) is 4.63. The zero-order valence-electron chi connectivity index (χ0n) is 10.8. The number of aromatic carboxylic acids is 1. The molecule has 0 bridgehead atoms. The average Bonchev–Trinajstić information content (AvgIpc) is 2.88. The standard InChI is InChI=1S/C14H9F2N3O2/c1-19-11(4-5-17-19)10-6-7(14(20)21)12-8(15)2-3-9(16)13(12)18-10/h2-6H,1H3,(H,20,21). The zero-order chi connectivity index (χ0) is 15.1. The van der Waals surface area contributed by atoms with Crippen molar-refractivity contribution in [3.8, 4) is 11.4 Å². The fourth-order valence-corrected chi connectivity index (χ4v) is 2.19. The summed E-state index contributed by atoms with van der Waals surface area (Å²) in [5.41, 5.74) is 0.0618. The molecule has 0 aliphatic carbocycles. The van der Waals surface area contributed by atoms with E-state index in [-0.39, 0.29) is 22.2 Å². The highest BCUT2D eigenvalue weighted by Crippen LogP contribution is 2.28. The molecule has 1 N–H and O–H groups in total. The molecule has 0 unspecified atom stereocenters. The van der Waals surface area contributed by atoms with Crippen molar-refractivity contribution in [2.75, 3.05) is 0 Å². The van der Waals surface area contributed by atoms with E-state index in [9.17, 15) is 18.7 Å². The third-order valence-electron chi connectivity index (χ3n) is 3.17. The van der Waals surface area contributed by atoms with E-state index >= 15 is 0 Å². The molecule has 0 saturated heterocycles. The lowest BCUT2D eigenvalue weighted by Gasteiger charge is -2.08. The fraction of sp³-hybridized carbons (Fsp3) is 0.0714. The normalized spacial score (nSPS) is 11.0. The molecule has 2 heterocycles. The lowest BCUT2D eigenvalue weighted by Crippen LogP contribution is -2.04. The van der Waals surface area contributed by atoms with Gasteiger partial charge in [-0.2, -0.15) is 5.10 Å². The van der Waals surface area contributed by atoms with Crippen LogP contribution in [-0.2, 0) is 7.05 Å². The zero-order valence-corrected chi connectivity index (χ0v) is 10.8. The van der Waals surface area contributed by atoms with Gasteiger partial charge < -0.3 is 5.11 Å². The summed E-state index contributed by atoms with van der Waals surface area (Å²) in [5.74, 6) is -2.96. The van der Waals surface area contributed by atoms with Crippen molar-refractivity contribution in [2.45, 2.75) is 0 Å². The van der Waals surface area contributed by atoms with Crippen LogP contribution in [0.25, 0.3) is 22.3 Å². The fourth-order valence-electron chi connectivity index (χ4n) is 2.19. The van der Waals surface area contributed by atoms with Gasteiger partial charge in [-0.15, -0.1) is 0 Å². The number of hydrogen-bond donors (Lipinski definition) is 1. The van der Waals surface area contributed by atoms with E-state index in [2.05, 4.69) is 10.1 Å². The summed E-state index contributed by atoms with van der Waals surface area (Å²) < 4.78 is 29.2. The van der Waals surface area contributed by atoms with E-state index in [1.807, 2.05) is 0 Å². The van der Waals surface area contributed by atoms with Gasteiger partial charge in [0.1, 0.15) is 17.2 Å². The molecule has 106 valence electrons. The molecule has 0 saturated carbocycles. The first-order valence-electron chi connectivity index (χ1n) is 5.99. The first kappa shape index (κ1) is 13.2. The predicted octanol–water partition coefficient (Wildman–Crippen LogP) is 2.61. The molecule has 0 aliphatic heterocycles. The lowest BCUT2D eigenvalue weighted by atomic mass is 10.1. The van der Waals surface area contributed by atoms with Gasteiger partial charge in [-0.05, 0) is 24.3 Å². The van der Waals surface area contributed by atoms with Crippen molar-refractivity contribution in [1.82, 2.24) is 14.8 Å². The van der Waals surface area contributed by atoms with Gasteiger partial charge >= 0.3 is 5.97 Å². The summed E-state index contributed by atoms with van der Waals surface area (Å²) in [4.78, 5) is 15.4. The topological polar surface area (TPSA) is 68.0 Å². The molecule has 0 aliphatic rings. The molecule has 0 spiro atoms. The Morgan fingerprint density at radius 1 is 1.24 bits per heavy atom. The summed E-state index contributed by atoms with van der Waals surface area (Å²) in [6.07, 6.45) is 1.50. The molecule has 0 atom stereocenters. The largest absolute Gasteiger partial charge is 0.478 e. The second kappa shape index (κ2) is 4.62. The van der Waals surface area contributed by atoms with Gasteiger partial charge in [0.05, 0.1) is 22.3 Å². The second-order valence-electron chi connectivity index (χ2n) is 4.45. The number of carbonyl (C=O) groups is 1. The third-order valence-corrected chi connectivity index (χ3v) is 3.17. The van der Waals surface area contributed by atoms with Crippen LogP contribution in [0.15, 0.2) is 30.5 Å². The summed E-state index contributed by atoms with van der Waals surface area (Å²) in [5, 5.41) is 12.9. The number of aromatic nitrogens is 3. The van der Waals surface area contributed by atoms with E-state index in [1.54, 1.807) is 13.1 Å². The van der Waals surface area contributed by atoms with Crippen molar-refractivity contribution < 1.29 is 18.7 Å². The Morgan fingerprint density at radius 3 is 2.57 bits per heavy atom. The molecule has 0 fully saturated rings. The molecule has 3 aromatic rings. The van der Waals surface area contributed by atoms with Gasteiger partial charge in [0.25, 0.3) is 0 Å². The van der Waals surface area contributed by atoms with Crippen LogP contribution in [-0.4, -0.2) is 25.8 Å². The highest BCUT2D eigenvalue weighted by Gasteiger charge is 2.19. The molecule has 21 heavy (non-hydrogen) atoms. The minimum atomic E-state index is -1.35. The number of carboxylic acids is 1. The van der Waals surface area contributed by atoms with Crippen LogP contribution in [0.3, 0.4) is 0 Å². The molecular weight excluding hydrogens is 280 g/mol. The summed E-state index contributed by atoms with van der Waals surface area (Å²) in [7, 11) is 1.64. The van der Waals surface area contributed by atoms with Gasteiger partial charge in [-0.1, -0.05) is 0 Å². The maximum absolute atomic E-state index is 13.9. The Balaban J connectivity index is 2.43. The Labute approximate surface area is 117 Å². The Morgan fingerprint density at radius 2 is 1.95 bits per heavy atom. The van der Waals surface area contributed by atoms with Crippen LogP contribution in [0.5, 0.6) is 0 Å². The minimum Gasteiger partial charge on any atom is -0.478 e. The maximum Gasteiger partial charge on any atom is 0.336 e. The Bertz CT molecular complexity index is 874. The van der Waals surface area contributed by atoms with Crippen molar-refractivity contribution in [1.29, 1.82) is 0 Å². The van der Waals surface area contributed by atoms with Gasteiger partial charge in [0.15, 0.2) is 0 Å². The molecule has 7 heteroatoms. The Hall–Kier alpha value is -2.83. The van der Waals surface area contributed by atoms with Gasteiger partial charge in [0, 0.05) is 13.2 Å². The number of aryl methyl sites for hydroxylation is 1. The van der Waals surface area contributed by atoms with Crippen LogP contribution in [0, 0.1) is 11.6 Å². The van der Waals surface area contributed by atoms with Crippen LogP contribution in [0.1, 0.15) is 10.4 Å². The number of nitrogens with zero attached hydrogens (tertiary/aromatic N) is 3. The SMILES string of the molecule is Cn1nccc1-c1cc(C(=O)O)c2c(F)ccc(F)c2n1. The van der Waals surface area contributed by atoms with Crippen LogP contribution < -0.4 is 0 Å². The number of benzene rings is 1. The number of hydrogen-bond acceptors (Lipinski definition) is 3. The highest BCUT2D eigenvalue weighted by molar-refractivity contribution is 6.04. The van der Waals surface area contributed by atoms with E-state index in [4.69, 9.17) is 0 Å². The van der Waals surface area contributed by atoms with Crippen molar-refractivity contribution in [3.63, 3.8) is 0 Å². The van der Waals surface area contributed by atoms with Crippen LogP contribution in [0.2, 0.25) is 0 Å². The Kier molecular flexibility index (Phi) is 2.90. The molecule has 5 nitrogen and oxygen atoms in total.